The molecule has 0 unspecified atom stereocenters. The van der Waals surface area contributed by atoms with E-state index in [2.05, 4.69) is 0 Å². The van der Waals surface area contributed by atoms with Crippen molar-refractivity contribution in [3.05, 3.63) is 0 Å². The summed E-state index contributed by atoms with van der Waals surface area (Å²) < 4.78 is 34.0. The van der Waals surface area contributed by atoms with Crippen molar-refractivity contribution in [1.29, 1.82) is 0 Å². The fourth-order valence-electron chi connectivity index (χ4n) is 0. The van der Waals surface area contributed by atoms with Crippen LogP contribution in [0.5, 0.6) is 0 Å². The number of hydrogen-bond acceptors (Lipinski definition) is 11. The second-order valence-corrected chi connectivity index (χ2v) is 1.63. The van der Waals surface area contributed by atoms with Gasteiger partial charge in [0.05, 0.1) is 0 Å². The number of aliphatic carboxylic acids is 1. The van der Waals surface area contributed by atoms with Crippen molar-refractivity contribution in [2.75, 3.05) is 0 Å². The Balaban J connectivity index is -0.00000000785. The van der Waals surface area contributed by atoms with Crippen molar-refractivity contribution in [1.82, 2.24) is 30.8 Å². The molecule has 0 rings (SSSR count). The van der Waals surface area contributed by atoms with Crippen LogP contribution in [-0.4, -0.2) is 5.97 Å². The summed E-state index contributed by atoms with van der Waals surface area (Å²) in [5, 5.41) is 8.89. The van der Waals surface area contributed by atoms with Gasteiger partial charge in [-0.05, 0) is 6.92 Å². The molecule has 0 aromatic heterocycles. The molecule has 0 radical (unpaired) electrons. The van der Waals surface area contributed by atoms with Crippen molar-refractivity contribution in [2.45, 2.75) is 6.92 Å². The summed E-state index contributed by atoms with van der Waals surface area (Å²) in [7, 11) is -4.94. The Morgan fingerprint density at radius 2 is 0.867 bits per heavy atom. The van der Waals surface area contributed by atoms with Crippen LogP contribution >= 0.6 is 0 Å². The van der Waals surface area contributed by atoms with E-state index >= 15 is 0 Å². The third-order valence-corrected chi connectivity index (χ3v) is 0. The van der Waals surface area contributed by atoms with E-state index in [0.29, 0.717) is 0 Å². The first kappa shape index (κ1) is 60.4. The molecule has 0 aliphatic rings. The van der Waals surface area contributed by atoms with E-state index in [1.165, 1.54) is 0 Å². The molecule has 13 heteroatoms. The summed E-state index contributed by atoms with van der Waals surface area (Å²) >= 11 is 0. The molecule has 11 nitrogen and oxygen atoms in total. The van der Waals surface area contributed by atoms with Crippen LogP contribution in [0, 0.1) is 10.2 Å². The van der Waals surface area contributed by atoms with Crippen LogP contribution in [0.3, 0.4) is 0 Å². The molecule has 0 aliphatic carbocycles. The van der Waals surface area contributed by atoms with Crippen molar-refractivity contribution >= 4 is 5.97 Å². The number of carboxylic acids is 1. The molecule has 0 saturated carbocycles. The average molecular weight is 303 g/mol. The van der Waals surface area contributed by atoms with Crippen LogP contribution in [0.15, 0.2) is 0 Å². The van der Waals surface area contributed by atoms with Gasteiger partial charge in [-0.15, -0.1) is 10.2 Å². The number of carboxylic acid groups (broad SMARTS) is 1. The Bertz CT molecular complexity index is 92.0. The van der Waals surface area contributed by atoms with E-state index in [9.17, 15) is 0 Å². The smallest absolute Gasteiger partial charge is 0.550 e. The second kappa shape index (κ2) is 29.2. The van der Waals surface area contributed by atoms with E-state index < -0.39 is 16.2 Å². The van der Waals surface area contributed by atoms with Gasteiger partial charge in [-0.2, -0.15) is 0 Å². The van der Waals surface area contributed by atoms with Crippen LogP contribution in [0.4, 0.5) is 0 Å². The summed E-state index contributed by atoms with van der Waals surface area (Å²) in [6.45, 7) is 0.972. The Morgan fingerprint density at radius 3 is 0.867 bits per heavy atom. The van der Waals surface area contributed by atoms with Crippen molar-refractivity contribution in [3.63, 3.8) is 0 Å². The van der Waals surface area contributed by atoms with Gasteiger partial charge < -0.3 is 40.7 Å². The van der Waals surface area contributed by atoms with Crippen molar-refractivity contribution in [2.24, 2.45) is 0 Å². The average Bonchev–Trinajstić information content (AvgIpc) is 1.19. The first-order valence-electron chi connectivity index (χ1n) is 1.53. The Hall–Kier alpha value is -0.0935. The van der Waals surface area contributed by atoms with Crippen LogP contribution in [-0.2, 0) is 21.6 Å². The number of rotatable bonds is 0. The molecule has 102 valence electrons. The van der Waals surface area contributed by atoms with Crippen LogP contribution in [0.2, 0.25) is 0 Å². The van der Waals surface area contributed by atoms with Crippen LogP contribution < -0.4 is 54.5 Å². The standard InChI is InChI=1S/C2H4O2.ClHO4.Co.5H3N/c1-2(3)4;2-1(3,4)5;;;;;;/h1H3,(H,3,4);(H,2,3,4,5);;5*1H3/q;;+3;;;;;/p-2. The minimum absolute atomic E-state index is 0. The zero-order chi connectivity index (χ0) is 8.08. The maximum Gasteiger partial charge on any atom is 3.00 e. The molecular formula is C2H18ClCoN5O6+. The molecule has 0 bridgehead atoms. The van der Waals surface area contributed by atoms with Crippen LogP contribution in [0.25, 0.3) is 0 Å². The number of halogens is 1. The van der Waals surface area contributed by atoms with Gasteiger partial charge in [0.15, 0.2) is 0 Å². The normalized spacial score (nSPS) is 5.67. The molecule has 0 spiro atoms. The van der Waals surface area contributed by atoms with Gasteiger partial charge in [0.2, 0.25) is 0 Å². The Kier molecular flexibility index (Phi) is 118. The molecule has 0 aliphatic heterocycles. The van der Waals surface area contributed by atoms with Crippen LogP contribution in [0.1, 0.15) is 6.92 Å². The molecule has 0 aromatic carbocycles. The van der Waals surface area contributed by atoms with Crippen molar-refractivity contribution in [3.8, 4) is 0 Å². The second-order valence-electron chi connectivity index (χ2n) is 0.870. The molecule has 0 heterocycles. The summed E-state index contributed by atoms with van der Waals surface area (Å²) in [5.41, 5.74) is 0. The third kappa shape index (κ3) is 225000. The third-order valence-electron chi connectivity index (χ3n) is 0. The molecule has 0 saturated heterocycles. The maximum atomic E-state index is 8.89. The number of hydrogen-bond donors (Lipinski definition) is 5. The van der Waals surface area contributed by atoms with E-state index in [-0.39, 0.29) is 47.5 Å². The molecule has 0 amide bonds. The molecule has 0 aromatic rings. The molecule has 15 N–H and O–H groups in total. The SMILES string of the molecule is CC(=O)[O-].N.N.N.N.N.[Co+3].[O-][Cl+3]([O-])([O-])[O-]. The summed E-state index contributed by atoms with van der Waals surface area (Å²) in [5.74, 6) is -1.08. The Labute approximate surface area is 99.7 Å². The molecule has 0 atom stereocenters. The topological polar surface area (TPSA) is 307 Å². The number of carbonyl (C=O) groups excluding carboxylic acids is 1. The first-order chi connectivity index (χ1) is 3.73. The zero-order valence-electron chi connectivity index (χ0n) is 8.20. The summed E-state index contributed by atoms with van der Waals surface area (Å²) in [6, 6.07) is 0. The van der Waals surface area contributed by atoms with Gasteiger partial charge in [0.25, 0.3) is 0 Å². The summed E-state index contributed by atoms with van der Waals surface area (Å²) in [6.07, 6.45) is 0. The zero-order valence-corrected chi connectivity index (χ0v) is 9.99. The Morgan fingerprint density at radius 1 is 0.867 bits per heavy atom. The maximum absolute atomic E-state index is 8.89. The van der Waals surface area contributed by atoms with Gasteiger partial charge in [-0.1, -0.05) is 0 Å². The minimum atomic E-state index is -4.94. The van der Waals surface area contributed by atoms with Gasteiger partial charge in [0, 0.05) is 5.97 Å². The number of carbonyl (C=O) groups is 1. The molecular weight excluding hydrogens is 284 g/mol. The largest absolute Gasteiger partial charge is 3.00 e. The fourth-order valence-corrected chi connectivity index (χ4v) is 0. The van der Waals surface area contributed by atoms with Gasteiger partial charge >= 0.3 is 16.8 Å². The minimum Gasteiger partial charge on any atom is -0.550 e. The predicted octanol–water partition coefficient (Wildman–Crippen LogP) is -5.19. The van der Waals surface area contributed by atoms with E-state index in [1.54, 1.807) is 0 Å². The predicted molar refractivity (Wildman–Crippen MR) is 35.8 cm³/mol. The van der Waals surface area contributed by atoms with E-state index in [1.807, 2.05) is 0 Å². The molecule has 15 heavy (non-hydrogen) atoms. The van der Waals surface area contributed by atoms with E-state index in [4.69, 9.17) is 28.5 Å². The molecule has 0 fully saturated rings. The van der Waals surface area contributed by atoms with E-state index in [0.717, 1.165) is 6.92 Å². The first-order valence-corrected chi connectivity index (χ1v) is 2.76. The van der Waals surface area contributed by atoms with Gasteiger partial charge in [-0.25, -0.2) is 18.6 Å². The van der Waals surface area contributed by atoms with Gasteiger partial charge in [-0.3, -0.25) is 0 Å². The van der Waals surface area contributed by atoms with Crippen molar-refractivity contribution < 1.29 is 55.6 Å². The summed E-state index contributed by atoms with van der Waals surface area (Å²) in [4.78, 5) is 8.89. The fraction of sp³-hybridized carbons (Fsp3) is 0.500. The quantitative estimate of drug-likeness (QED) is 0.281. The van der Waals surface area contributed by atoms with Gasteiger partial charge in [0.1, 0.15) is 0 Å². The monoisotopic (exact) mass is 302 g/mol.